The van der Waals surface area contributed by atoms with Crippen LogP contribution in [0.15, 0.2) is 33.6 Å². The normalized spacial score (nSPS) is 13.2. The first-order valence-corrected chi connectivity index (χ1v) is 7.27. The van der Waals surface area contributed by atoms with E-state index >= 15 is 0 Å². The predicted octanol–water partition coefficient (Wildman–Crippen LogP) is 0.563. The van der Waals surface area contributed by atoms with Crippen LogP contribution in [0.5, 0.6) is 0 Å². The number of aliphatic hydroxyl groups excluding tert-OH is 1. The van der Waals surface area contributed by atoms with Gasteiger partial charge in [-0.15, -0.1) is 0 Å². The summed E-state index contributed by atoms with van der Waals surface area (Å²) in [7, 11) is -3.71. The second kappa shape index (κ2) is 6.28. The molecule has 3 N–H and O–H groups in total. The molecule has 6 nitrogen and oxygen atoms in total. The molecule has 1 aromatic carbocycles. The highest BCUT2D eigenvalue weighted by Gasteiger charge is 2.18. The van der Waals surface area contributed by atoms with Gasteiger partial charge in [-0.3, -0.25) is 0 Å². The zero-order chi connectivity index (χ0) is 13.8. The topological polar surface area (TPSA) is 104 Å². The number of carboxylic acid groups (broad SMARTS) is 1. The Morgan fingerprint density at radius 3 is 2.56 bits per heavy atom. The summed E-state index contributed by atoms with van der Waals surface area (Å²) in [5, 5.41) is 17.4. The van der Waals surface area contributed by atoms with E-state index in [9.17, 15) is 13.2 Å². The number of aliphatic carboxylic acids is 1. The van der Waals surface area contributed by atoms with Gasteiger partial charge >= 0.3 is 5.97 Å². The van der Waals surface area contributed by atoms with Gasteiger partial charge in [0.15, 0.2) is 6.10 Å². The Morgan fingerprint density at radius 2 is 2.00 bits per heavy atom. The molecule has 0 heterocycles. The molecule has 0 bridgehead atoms. The van der Waals surface area contributed by atoms with E-state index < -0.39 is 22.1 Å². The number of aliphatic hydroxyl groups is 1. The Bertz CT molecular complexity index is 531. The van der Waals surface area contributed by atoms with Gasteiger partial charge in [0.25, 0.3) is 0 Å². The van der Waals surface area contributed by atoms with Crippen molar-refractivity contribution in [1.82, 2.24) is 4.72 Å². The summed E-state index contributed by atoms with van der Waals surface area (Å²) in [6.45, 7) is -0.156. The van der Waals surface area contributed by atoms with Gasteiger partial charge < -0.3 is 10.2 Å². The smallest absolute Gasteiger partial charge is 0.332 e. The number of carbonyl (C=O) groups is 1. The van der Waals surface area contributed by atoms with E-state index in [0.29, 0.717) is 4.47 Å². The van der Waals surface area contributed by atoms with Crippen LogP contribution in [-0.4, -0.2) is 37.2 Å². The average molecular weight is 338 g/mol. The number of hydrogen-bond acceptors (Lipinski definition) is 4. The minimum absolute atomic E-state index is 0.0646. The molecule has 0 fully saturated rings. The number of carboxylic acids is 1. The fourth-order valence-electron chi connectivity index (χ4n) is 1.19. The molecule has 1 rings (SSSR count). The third-order valence-corrected chi connectivity index (χ3v) is 4.59. The Labute approximate surface area is 113 Å². The van der Waals surface area contributed by atoms with E-state index in [2.05, 4.69) is 20.7 Å². The summed E-state index contributed by atoms with van der Waals surface area (Å²) >= 11 is 3.11. The Kier molecular flexibility index (Phi) is 5.27. The van der Waals surface area contributed by atoms with Crippen molar-refractivity contribution in [3.8, 4) is 0 Å². The largest absolute Gasteiger partial charge is 0.479 e. The van der Waals surface area contributed by atoms with Gasteiger partial charge in [0.05, 0.1) is 4.90 Å². The highest BCUT2D eigenvalue weighted by molar-refractivity contribution is 9.10. The first-order valence-electron chi connectivity index (χ1n) is 4.99. The highest BCUT2D eigenvalue weighted by atomic mass is 79.9. The van der Waals surface area contributed by atoms with Crippen molar-refractivity contribution in [2.45, 2.75) is 17.4 Å². The molecule has 18 heavy (non-hydrogen) atoms. The van der Waals surface area contributed by atoms with Gasteiger partial charge in [-0.1, -0.05) is 12.1 Å². The van der Waals surface area contributed by atoms with Gasteiger partial charge in [0, 0.05) is 11.0 Å². The summed E-state index contributed by atoms with van der Waals surface area (Å²) in [6.07, 6.45) is -1.77. The maximum absolute atomic E-state index is 11.8. The van der Waals surface area contributed by atoms with E-state index in [1.54, 1.807) is 18.2 Å². The van der Waals surface area contributed by atoms with Crippen LogP contribution in [0.3, 0.4) is 0 Å². The molecular weight excluding hydrogens is 326 g/mol. The third kappa shape index (κ3) is 4.05. The number of sulfonamides is 1. The maximum atomic E-state index is 11.8. The lowest BCUT2D eigenvalue weighted by Crippen LogP contribution is -2.30. The summed E-state index contributed by atoms with van der Waals surface area (Å²) in [4.78, 5) is 10.4. The van der Waals surface area contributed by atoms with Crippen molar-refractivity contribution in [3.05, 3.63) is 28.7 Å². The van der Waals surface area contributed by atoms with Crippen molar-refractivity contribution in [3.63, 3.8) is 0 Å². The Hall–Kier alpha value is -0.960. The first-order chi connectivity index (χ1) is 8.34. The summed E-state index contributed by atoms with van der Waals surface area (Å²) in [5.74, 6) is -1.38. The van der Waals surface area contributed by atoms with Crippen LogP contribution in [0, 0.1) is 0 Å². The molecule has 0 aromatic heterocycles. The van der Waals surface area contributed by atoms with Crippen LogP contribution < -0.4 is 4.72 Å². The lowest BCUT2D eigenvalue weighted by molar-refractivity contribution is -0.146. The zero-order valence-corrected chi connectivity index (χ0v) is 11.6. The molecule has 0 spiro atoms. The minimum Gasteiger partial charge on any atom is -0.479 e. The number of nitrogens with one attached hydrogen (secondary N) is 1. The number of rotatable bonds is 6. The molecule has 1 atom stereocenters. The minimum atomic E-state index is -3.71. The molecule has 0 radical (unpaired) electrons. The van der Waals surface area contributed by atoms with Gasteiger partial charge in [-0.25, -0.2) is 17.9 Å². The molecule has 0 aliphatic heterocycles. The standard InChI is InChI=1S/C10H12BrNO5S/c11-7-3-1-2-4-9(7)18(16,17)12-6-5-8(13)10(14)15/h1-4,8,12-13H,5-6H2,(H,14,15). The lowest BCUT2D eigenvalue weighted by atomic mass is 10.3. The van der Waals surface area contributed by atoms with Gasteiger partial charge in [-0.2, -0.15) is 0 Å². The molecule has 0 aliphatic rings. The van der Waals surface area contributed by atoms with E-state index in [0.717, 1.165) is 0 Å². The van der Waals surface area contributed by atoms with Crippen molar-refractivity contribution in [2.24, 2.45) is 0 Å². The number of halogens is 1. The molecule has 0 amide bonds. The van der Waals surface area contributed by atoms with Crippen molar-refractivity contribution < 1.29 is 23.4 Å². The molecule has 1 aromatic rings. The Balaban J connectivity index is 2.67. The van der Waals surface area contributed by atoms with E-state index in [-0.39, 0.29) is 17.9 Å². The predicted molar refractivity (Wildman–Crippen MR) is 67.6 cm³/mol. The summed E-state index contributed by atoms with van der Waals surface area (Å²) in [5.41, 5.74) is 0. The molecular formula is C10H12BrNO5S. The second-order valence-electron chi connectivity index (χ2n) is 3.47. The van der Waals surface area contributed by atoms with Crippen LogP contribution in [0.25, 0.3) is 0 Å². The van der Waals surface area contributed by atoms with Gasteiger partial charge in [-0.05, 0) is 34.5 Å². The second-order valence-corrected chi connectivity index (χ2v) is 6.06. The fraction of sp³-hybridized carbons (Fsp3) is 0.300. The van der Waals surface area contributed by atoms with Crippen LogP contribution in [0.2, 0.25) is 0 Å². The number of hydrogen-bond donors (Lipinski definition) is 3. The molecule has 1 unspecified atom stereocenters. The molecule has 8 heteroatoms. The SMILES string of the molecule is O=C(O)C(O)CCNS(=O)(=O)c1ccccc1Br. The lowest BCUT2D eigenvalue weighted by Gasteiger charge is -2.09. The number of benzene rings is 1. The quantitative estimate of drug-likeness (QED) is 0.703. The van der Waals surface area contributed by atoms with Crippen molar-refractivity contribution >= 4 is 31.9 Å². The van der Waals surface area contributed by atoms with Crippen molar-refractivity contribution in [2.75, 3.05) is 6.54 Å². The van der Waals surface area contributed by atoms with Crippen molar-refractivity contribution in [1.29, 1.82) is 0 Å². The van der Waals surface area contributed by atoms with Crippen LogP contribution in [0.4, 0.5) is 0 Å². The molecule has 100 valence electrons. The van der Waals surface area contributed by atoms with E-state index in [1.807, 2.05) is 0 Å². The first kappa shape index (κ1) is 15.1. The molecule has 0 saturated heterocycles. The zero-order valence-electron chi connectivity index (χ0n) is 9.21. The maximum Gasteiger partial charge on any atom is 0.332 e. The van der Waals surface area contributed by atoms with Crippen LogP contribution >= 0.6 is 15.9 Å². The average Bonchev–Trinajstić information content (AvgIpc) is 2.28. The van der Waals surface area contributed by atoms with Gasteiger partial charge in [0.1, 0.15) is 0 Å². The van der Waals surface area contributed by atoms with E-state index in [1.165, 1.54) is 6.07 Å². The summed E-state index contributed by atoms with van der Waals surface area (Å²) < 4.78 is 26.3. The van der Waals surface area contributed by atoms with Crippen LogP contribution in [-0.2, 0) is 14.8 Å². The molecule has 0 aliphatic carbocycles. The fourth-order valence-corrected chi connectivity index (χ4v) is 3.24. The third-order valence-electron chi connectivity index (χ3n) is 2.12. The van der Waals surface area contributed by atoms with Gasteiger partial charge in [0.2, 0.25) is 10.0 Å². The van der Waals surface area contributed by atoms with Crippen LogP contribution in [0.1, 0.15) is 6.42 Å². The summed E-state index contributed by atoms with van der Waals surface area (Å²) in [6, 6.07) is 6.25. The molecule has 0 saturated carbocycles. The monoisotopic (exact) mass is 337 g/mol. The Morgan fingerprint density at radius 1 is 1.39 bits per heavy atom. The highest BCUT2D eigenvalue weighted by Crippen LogP contribution is 2.20. The van der Waals surface area contributed by atoms with E-state index in [4.69, 9.17) is 10.2 Å².